The number of rotatable bonds is 6. The molecule has 0 aliphatic heterocycles. The van der Waals surface area contributed by atoms with Gasteiger partial charge in [0.1, 0.15) is 0 Å². The molecule has 0 aromatic heterocycles. The number of hydrogen-bond acceptors (Lipinski definition) is 5. The van der Waals surface area contributed by atoms with Crippen LogP contribution in [-0.2, 0) is 23.1 Å². The van der Waals surface area contributed by atoms with Crippen molar-refractivity contribution in [1.29, 1.82) is 0 Å². The molecule has 5 nitrogen and oxygen atoms in total. The minimum Gasteiger partial charge on any atom is -0.352 e. The maximum Gasteiger partial charge on any atom is 0.362 e. The van der Waals surface area contributed by atoms with Gasteiger partial charge in [-0.1, -0.05) is 12.1 Å². The van der Waals surface area contributed by atoms with Crippen LogP contribution in [-0.4, -0.2) is 25.4 Å². The molecule has 0 saturated heterocycles. The summed E-state index contributed by atoms with van der Waals surface area (Å²) in [5, 5.41) is 0.511. The molecule has 0 atom stereocenters. The number of benzene rings is 1. The zero-order chi connectivity index (χ0) is 17.9. The zero-order valence-corrected chi connectivity index (χ0v) is 16.3. The van der Waals surface area contributed by atoms with Gasteiger partial charge >= 0.3 is 7.60 Å². The molecule has 6 heteroatoms. The molecule has 1 rings (SSSR count). The van der Waals surface area contributed by atoms with E-state index in [2.05, 4.69) is 0 Å². The lowest BCUT2D eigenvalue weighted by atomic mass is 10.2. The minimum absolute atomic E-state index is 0.462. The summed E-state index contributed by atoms with van der Waals surface area (Å²) in [6.07, 6.45) is -0.462. The molecule has 0 unspecified atom stereocenters. The summed E-state index contributed by atoms with van der Waals surface area (Å²) in [6, 6.07) is 7.08. The van der Waals surface area contributed by atoms with Crippen LogP contribution in [0.3, 0.4) is 0 Å². The highest BCUT2D eigenvalue weighted by Crippen LogP contribution is 2.53. The molecular weight excluding hydrogens is 315 g/mol. The van der Waals surface area contributed by atoms with E-state index in [1.165, 1.54) is 0 Å². The van der Waals surface area contributed by atoms with E-state index in [9.17, 15) is 4.57 Å². The highest BCUT2D eigenvalue weighted by Gasteiger charge is 2.37. The Morgan fingerprint density at radius 1 is 0.826 bits per heavy atom. The normalized spacial score (nSPS) is 13.6. The van der Waals surface area contributed by atoms with Gasteiger partial charge in [0.15, 0.2) is 6.29 Å². The van der Waals surface area contributed by atoms with Gasteiger partial charge in [0.25, 0.3) is 0 Å². The minimum atomic E-state index is -3.46. The van der Waals surface area contributed by atoms with Crippen LogP contribution in [0.2, 0.25) is 0 Å². The molecule has 1 aromatic carbocycles. The number of methoxy groups -OCH3 is 2. The van der Waals surface area contributed by atoms with E-state index in [0.29, 0.717) is 5.30 Å². The van der Waals surface area contributed by atoms with Crippen molar-refractivity contribution in [3.63, 3.8) is 0 Å². The summed E-state index contributed by atoms with van der Waals surface area (Å²) < 4.78 is 35.4. The lowest BCUT2D eigenvalue weighted by Crippen LogP contribution is -2.28. The SMILES string of the molecule is COC(OC)c1ccc(P(=O)(OC(C)(C)C)OC(C)(C)C)cc1. The summed E-state index contributed by atoms with van der Waals surface area (Å²) in [6.45, 7) is 11.1. The first-order chi connectivity index (χ1) is 10.4. The van der Waals surface area contributed by atoms with Gasteiger partial charge in [-0.05, 0) is 53.7 Å². The van der Waals surface area contributed by atoms with Crippen LogP contribution < -0.4 is 5.30 Å². The Bertz CT molecular complexity index is 516. The van der Waals surface area contributed by atoms with Crippen LogP contribution in [0, 0.1) is 0 Å². The largest absolute Gasteiger partial charge is 0.362 e. The Hall–Kier alpha value is -0.710. The molecule has 0 bridgehead atoms. The van der Waals surface area contributed by atoms with Crippen LogP contribution in [0.4, 0.5) is 0 Å². The molecule has 1 aromatic rings. The summed E-state index contributed by atoms with van der Waals surface area (Å²) in [5.41, 5.74) is -0.362. The molecule has 0 radical (unpaired) electrons. The van der Waals surface area contributed by atoms with Gasteiger partial charge in [-0.15, -0.1) is 0 Å². The maximum atomic E-state index is 13.4. The molecule has 132 valence electrons. The molecule has 23 heavy (non-hydrogen) atoms. The quantitative estimate of drug-likeness (QED) is 0.564. The predicted molar refractivity (Wildman–Crippen MR) is 92.1 cm³/mol. The smallest absolute Gasteiger partial charge is 0.352 e. The highest BCUT2D eigenvalue weighted by molar-refractivity contribution is 7.62. The third kappa shape index (κ3) is 6.36. The molecule has 0 fully saturated rings. The summed E-state index contributed by atoms with van der Waals surface area (Å²) >= 11 is 0. The molecule has 0 saturated carbocycles. The molecule has 0 aliphatic rings. The van der Waals surface area contributed by atoms with E-state index in [4.69, 9.17) is 18.5 Å². The van der Waals surface area contributed by atoms with Gasteiger partial charge in [-0.2, -0.15) is 0 Å². The first-order valence-corrected chi connectivity index (χ1v) is 9.12. The van der Waals surface area contributed by atoms with Crippen molar-refractivity contribution in [2.75, 3.05) is 14.2 Å². The van der Waals surface area contributed by atoms with E-state index < -0.39 is 25.1 Å². The topological polar surface area (TPSA) is 54.0 Å². The summed E-state index contributed by atoms with van der Waals surface area (Å²) in [5.74, 6) is 0. The number of hydrogen-bond donors (Lipinski definition) is 0. The van der Waals surface area contributed by atoms with Crippen molar-refractivity contribution in [3.05, 3.63) is 29.8 Å². The second-order valence-electron chi connectivity index (χ2n) is 7.30. The third-order valence-corrected chi connectivity index (χ3v) is 5.20. The Balaban J connectivity index is 3.20. The Morgan fingerprint density at radius 3 is 1.52 bits per heavy atom. The van der Waals surface area contributed by atoms with E-state index in [1.54, 1.807) is 38.5 Å². The van der Waals surface area contributed by atoms with Crippen LogP contribution in [0.15, 0.2) is 24.3 Å². The molecule has 0 amide bonds. The second kappa shape index (κ2) is 7.45. The Morgan fingerprint density at radius 2 is 1.22 bits per heavy atom. The molecular formula is C17H29O5P. The average Bonchev–Trinajstić information content (AvgIpc) is 2.36. The zero-order valence-electron chi connectivity index (χ0n) is 15.4. The van der Waals surface area contributed by atoms with Crippen molar-refractivity contribution >= 4 is 12.9 Å². The average molecular weight is 344 g/mol. The molecule has 0 spiro atoms. The lowest BCUT2D eigenvalue weighted by molar-refractivity contribution is -0.106. The van der Waals surface area contributed by atoms with Crippen LogP contribution >= 0.6 is 7.60 Å². The first-order valence-electron chi connectivity index (χ1n) is 7.58. The van der Waals surface area contributed by atoms with Crippen molar-refractivity contribution in [2.24, 2.45) is 0 Å². The van der Waals surface area contributed by atoms with Crippen molar-refractivity contribution in [1.82, 2.24) is 0 Å². The van der Waals surface area contributed by atoms with Crippen molar-refractivity contribution in [2.45, 2.75) is 59.0 Å². The Kier molecular flexibility index (Phi) is 6.59. The predicted octanol–water partition coefficient (Wildman–Crippen LogP) is 4.43. The van der Waals surface area contributed by atoms with E-state index >= 15 is 0 Å². The monoisotopic (exact) mass is 344 g/mol. The van der Waals surface area contributed by atoms with Gasteiger partial charge in [0.2, 0.25) is 0 Å². The van der Waals surface area contributed by atoms with Gasteiger partial charge in [-0.25, -0.2) is 0 Å². The van der Waals surface area contributed by atoms with Crippen LogP contribution in [0.5, 0.6) is 0 Å². The van der Waals surface area contributed by atoms with Crippen molar-refractivity contribution in [3.8, 4) is 0 Å². The van der Waals surface area contributed by atoms with Crippen LogP contribution in [0.25, 0.3) is 0 Å². The number of ether oxygens (including phenoxy) is 2. The third-order valence-electron chi connectivity index (χ3n) is 2.70. The van der Waals surface area contributed by atoms with E-state index in [-0.39, 0.29) is 0 Å². The summed E-state index contributed by atoms with van der Waals surface area (Å²) in [7, 11) is -0.328. The second-order valence-corrected chi connectivity index (χ2v) is 9.18. The maximum absolute atomic E-state index is 13.4. The summed E-state index contributed by atoms with van der Waals surface area (Å²) in [4.78, 5) is 0. The molecule has 0 aliphatic carbocycles. The van der Waals surface area contributed by atoms with Crippen molar-refractivity contribution < 1.29 is 23.1 Å². The fourth-order valence-corrected chi connectivity index (χ4v) is 4.23. The highest BCUT2D eigenvalue weighted by atomic mass is 31.2. The van der Waals surface area contributed by atoms with Gasteiger partial charge in [0, 0.05) is 19.8 Å². The fraction of sp³-hybridized carbons (Fsp3) is 0.647. The van der Waals surface area contributed by atoms with E-state index in [1.807, 2.05) is 41.5 Å². The first kappa shape index (κ1) is 20.3. The van der Waals surface area contributed by atoms with Gasteiger partial charge in [-0.3, -0.25) is 13.6 Å². The van der Waals surface area contributed by atoms with E-state index in [0.717, 1.165) is 5.56 Å². The molecule has 0 heterocycles. The standard InChI is InChI=1S/C17H29O5P/c1-16(2,3)21-23(18,22-17(4,5)6)14-11-9-13(10-12-14)15(19-7)20-8/h9-12,15H,1-8H3. The van der Waals surface area contributed by atoms with Gasteiger partial charge in [0.05, 0.1) is 16.5 Å². The van der Waals surface area contributed by atoms with Gasteiger partial charge < -0.3 is 9.47 Å². The fourth-order valence-electron chi connectivity index (χ4n) is 2.03. The van der Waals surface area contributed by atoms with Crippen LogP contribution in [0.1, 0.15) is 53.4 Å². The molecule has 0 N–H and O–H groups in total. The lowest BCUT2D eigenvalue weighted by Gasteiger charge is -2.32. The Labute approximate surface area is 139 Å².